The van der Waals surface area contributed by atoms with Crippen LogP contribution in [0.1, 0.15) is 0 Å². The van der Waals surface area contributed by atoms with E-state index in [0.29, 0.717) is 32.0 Å². The molecule has 0 saturated carbocycles. The van der Waals surface area contributed by atoms with Crippen LogP contribution in [0.3, 0.4) is 0 Å². The first-order valence-electron chi connectivity index (χ1n) is 11.6. The van der Waals surface area contributed by atoms with Crippen molar-refractivity contribution in [3.8, 4) is 0 Å². The molecular formula is C22H31N7O4. The van der Waals surface area contributed by atoms with Gasteiger partial charge in [-0.3, -0.25) is 10.1 Å². The predicted molar refractivity (Wildman–Crippen MR) is 124 cm³/mol. The lowest BCUT2D eigenvalue weighted by molar-refractivity contribution is -0.384. The zero-order chi connectivity index (χ0) is 22.7. The predicted octanol–water partition coefficient (Wildman–Crippen LogP) is 0.508. The topological polar surface area (TPSA) is 99.0 Å². The normalized spacial score (nSPS) is 27.2. The molecule has 5 rings (SSSR count). The maximum atomic E-state index is 11.5. The van der Waals surface area contributed by atoms with E-state index in [9.17, 15) is 10.1 Å². The molecule has 1 N–H and O–H groups in total. The SMILES string of the molecule is O=[N+]([O-])c1ccccc1N1CCN(C2(N3CCOCC3)N=CC=C(N3CCOCC3)N2)CC1. The number of ether oxygens (including phenoxy) is 2. The van der Waals surface area contributed by atoms with Crippen molar-refractivity contribution in [1.82, 2.24) is 20.0 Å². The third-order valence-electron chi connectivity index (χ3n) is 6.73. The smallest absolute Gasteiger partial charge is 0.292 e. The quantitative estimate of drug-likeness (QED) is 0.501. The first-order chi connectivity index (χ1) is 16.2. The number of nitrogens with one attached hydrogen (secondary N) is 1. The number of para-hydroxylation sites is 2. The highest BCUT2D eigenvalue weighted by atomic mass is 16.6. The van der Waals surface area contributed by atoms with E-state index in [4.69, 9.17) is 14.5 Å². The lowest BCUT2D eigenvalue weighted by Crippen LogP contribution is -2.73. The highest BCUT2D eigenvalue weighted by molar-refractivity contribution is 5.73. The van der Waals surface area contributed by atoms with Gasteiger partial charge < -0.3 is 24.6 Å². The summed E-state index contributed by atoms with van der Waals surface area (Å²) >= 11 is 0. The second-order valence-electron chi connectivity index (χ2n) is 8.51. The van der Waals surface area contributed by atoms with Gasteiger partial charge >= 0.3 is 0 Å². The molecule has 33 heavy (non-hydrogen) atoms. The van der Waals surface area contributed by atoms with Crippen LogP contribution in [0.15, 0.2) is 41.2 Å². The fraction of sp³-hybridized carbons (Fsp3) is 0.591. The molecule has 0 aliphatic carbocycles. The third-order valence-corrected chi connectivity index (χ3v) is 6.73. The minimum Gasteiger partial charge on any atom is -0.379 e. The number of hydrogen-bond acceptors (Lipinski definition) is 10. The molecule has 1 aromatic rings. The van der Waals surface area contributed by atoms with Crippen molar-refractivity contribution in [3.05, 3.63) is 46.3 Å². The molecule has 11 nitrogen and oxygen atoms in total. The van der Waals surface area contributed by atoms with E-state index in [-0.39, 0.29) is 10.6 Å². The summed E-state index contributed by atoms with van der Waals surface area (Å²) < 4.78 is 11.2. The summed E-state index contributed by atoms with van der Waals surface area (Å²) in [6.45, 7) is 8.86. The number of benzene rings is 1. The van der Waals surface area contributed by atoms with Gasteiger partial charge in [0.2, 0.25) is 0 Å². The molecule has 1 aromatic carbocycles. The van der Waals surface area contributed by atoms with Crippen molar-refractivity contribution in [2.24, 2.45) is 4.99 Å². The molecule has 4 heterocycles. The fourth-order valence-electron chi connectivity index (χ4n) is 4.99. The van der Waals surface area contributed by atoms with Gasteiger partial charge in [0, 0.05) is 64.6 Å². The van der Waals surface area contributed by atoms with Gasteiger partial charge in [-0.25, -0.2) is 14.8 Å². The highest BCUT2D eigenvalue weighted by Crippen LogP contribution is 2.31. The molecule has 4 aliphatic heterocycles. The van der Waals surface area contributed by atoms with Gasteiger partial charge in [0.25, 0.3) is 11.6 Å². The largest absolute Gasteiger partial charge is 0.379 e. The number of rotatable bonds is 5. The van der Waals surface area contributed by atoms with Crippen LogP contribution < -0.4 is 10.2 Å². The van der Waals surface area contributed by atoms with Gasteiger partial charge in [-0.2, -0.15) is 0 Å². The standard InChI is InChI=1S/C22H31N7O4/c30-29(31)20-4-2-1-3-19(20)25-7-9-27(10-8-25)22(28-13-17-33-18-14-28)23-6-5-21(24-22)26-11-15-32-16-12-26/h1-6,24H,7-18H2. The number of hydrogen-bond donors (Lipinski definition) is 1. The minimum atomic E-state index is -0.694. The van der Waals surface area contributed by atoms with Crippen molar-refractivity contribution in [3.63, 3.8) is 0 Å². The Morgan fingerprint density at radius 2 is 1.52 bits per heavy atom. The van der Waals surface area contributed by atoms with Crippen molar-refractivity contribution in [2.45, 2.75) is 5.91 Å². The number of nitro benzene ring substituents is 1. The monoisotopic (exact) mass is 457 g/mol. The molecule has 0 bridgehead atoms. The van der Waals surface area contributed by atoms with Crippen LogP contribution in [0.5, 0.6) is 0 Å². The molecule has 0 amide bonds. The molecule has 0 aromatic heterocycles. The Balaban J connectivity index is 1.36. The van der Waals surface area contributed by atoms with Crippen LogP contribution in [-0.4, -0.2) is 111 Å². The zero-order valence-electron chi connectivity index (χ0n) is 18.8. The Morgan fingerprint density at radius 1 is 0.879 bits per heavy atom. The Bertz CT molecular complexity index is 906. The summed E-state index contributed by atoms with van der Waals surface area (Å²) in [6.07, 6.45) is 3.94. The lowest BCUT2D eigenvalue weighted by Gasteiger charge is -2.53. The average Bonchev–Trinajstić information content (AvgIpc) is 2.90. The van der Waals surface area contributed by atoms with Gasteiger partial charge in [0.1, 0.15) is 11.5 Å². The van der Waals surface area contributed by atoms with E-state index in [1.807, 2.05) is 24.4 Å². The molecule has 3 saturated heterocycles. The number of allylic oxidation sites excluding steroid dienone is 1. The number of anilines is 1. The molecule has 11 heteroatoms. The van der Waals surface area contributed by atoms with Crippen molar-refractivity contribution in [1.29, 1.82) is 0 Å². The third kappa shape index (κ3) is 4.41. The van der Waals surface area contributed by atoms with Crippen LogP contribution in [0.25, 0.3) is 0 Å². The van der Waals surface area contributed by atoms with Crippen molar-refractivity contribution in [2.75, 3.05) is 83.7 Å². The van der Waals surface area contributed by atoms with Gasteiger partial charge in [0.05, 0.1) is 31.4 Å². The van der Waals surface area contributed by atoms with Gasteiger partial charge in [0.15, 0.2) is 0 Å². The molecule has 178 valence electrons. The number of aliphatic imine (C=N–C) groups is 1. The van der Waals surface area contributed by atoms with Crippen LogP contribution >= 0.6 is 0 Å². The maximum Gasteiger partial charge on any atom is 0.292 e. The minimum absolute atomic E-state index is 0.153. The van der Waals surface area contributed by atoms with Crippen LogP contribution in [0, 0.1) is 10.1 Å². The number of morpholine rings is 2. The van der Waals surface area contributed by atoms with Crippen LogP contribution in [0.4, 0.5) is 11.4 Å². The van der Waals surface area contributed by atoms with E-state index in [1.54, 1.807) is 12.1 Å². The van der Waals surface area contributed by atoms with Crippen molar-refractivity contribution < 1.29 is 14.4 Å². The summed E-state index contributed by atoms with van der Waals surface area (Å²) in [7, 11) is 0. The Labute approximate surface area is 193 Å². The van der Waals surface area contributed by atoms with Crippen LogP contribution in [0.2, 0.25) is 0 Å². The zero-order valence-corrected chi connectivity index (χ0v) is 18.8. The number of nitro groups is 1. The van der Waals surface area contributed by atoms with Gasteiger partial charge in [-0.15, -0.1) is 0 Å². The molecule has 0 spiro atoms. The summed E-state index contributed by atoms with van der Waals surface area (Å²) in [6, 6.07) is 6.98. The number of piperazine rings is 1. The summed E-state index contributed by atoms with van der Waals surface area (Å²) in [5.74, 6) is 0.363. The first-order valence-corrected chi connectivity index (χ1v) is 11.6. The van der Waals surface area contributed by atoms with Gasteiger partial charge in [-0.1, -0.05) is 12.1 Å². The van der Waals surface area contributed by atoms with E-state index in [1.165, 1.54) is 0 Å². The highest BCUT2D eigenvalue weighted by Gasteiger charge is 2.46. The molecular weight excluding hydrogens is 426 g/mol. The number of nitrogens with zero attached hydrogens (tertiary/aromatic N) is 6. The molecule has 1 unspecified atom stereocenters. The second kappa shape index (κ2) is 9.64. The van der Waals surface area contributed by atoms with E-state index >= 15 is 0 Å². The lowest BCUT2D eigenvalue weighted by atomic mass is 10.2. The van der Waals surface area contributed by atoms with E-state index in [0.717, 1.165) is 58.3 Å². The Morgan fingerprint density at radius 3 is 2.21 bits per heavy atom. The summed E-state index contributed by atoms with van der Waals surface area (Å²) in [5, 5.41) is 15.3. The summed E-state index contributed by atoms with van der Waals surface area (Å²) in [4.78, 5) is 25.3. The average molecular weight is 458 g/mol. The second-order valence-corrected chi connectivity index (χ2v) is 8.51. The molecule has 4 aliphatic rings. The van der Waals surface area contributed by atoms with Gasteiger partial charge in [-0.05, 0) is 12.1 Å². The molecule has 1 atom stereocenters. The molecule has 0 radical (unpaired) electrons. The summed E-state index contributed by atoms with van der Waals surface area (Å²) in [5.41, 5.74) is 0.830. The van der Waals surface area contributed by atoms with E-state index in [2.05, 4.69) is 24.9 Å². The molecule has 3 fully saturated rings. The maximum absolute atomic E-state index is 11.5. The Hall–Kier alpha value is -2.73. The van der Waals surface area contributed by atoms with Crippen LogP contribution in [-0.2, 0) is 9.47 Å². The van der Waals surface area contributed by atoms with Crippen molar-refractivity contribution >= 4 is 17.6 Å². The first kappa shape index (κ1) is 22.1. The van der Waals surface area contributed by atoms with E-state index < -0.39 is 5.91 Å². The Kier molecular flexibility index (Phi) is 6.45. The fourth-order valence-corrected chi connectivity index (χ4v) is 4.99.